The SMILES string of the molecule is CCCc1c(NCC)ncnc1N1CC(C)OC(C)(C)C1. The molecule has 2 rings (SSSR count). The number of aromatic nitrogens is 2. The molecule has 0 aliphatic carbocycles. The third-order valence-electron chi connectivity index (χ3n) is 3.64. The second-order valence-electron chi connectivity index (χ2n) is 6.37. The van der Waals surface area contributed by atoms with Crippen LogP contribution in [0.25, 0.3) is 0 Å². The lowest BCUT2D eigenvalue weighted by Crippen LogP contribution is -2.52. The van der Waals surface area contributed by atoms with E-state index in [0.717, 1.165) is 44.1 Å². The van der Waals surface area contributed by atoms with Crippen LogP contribution in [0, 0.1) is 0 Å². The standard InChI is InChI=1S/C16H28N4O/c1-6-8-13-14(17-7-2)18-11-19-15(13)20-9-12(3)21-16(4,5)10-20/h11-12H,6-10H2,1-5H3,(H,17,18,19). The third-order valence-corrected chi connectivity index (χ3v) is 3.64. The summed E-state index contributed by atoms with van der Waals surface area (Å²) in [5.74, 6) is 2.03. The van der Waals surface area contributed by atoms with Crippen molar-refractivity contribution < 1.29 is 4.74 Å². The average molecular weight is 292 g/mol. The highest BCUT2D eigenvalue weighted by Crippen LogP contribution is 2.30. The lowest BCUT2D eigenvalue weighted by atomic mass is 10.0. The van der Waals surface area contributed by atoms with Crippen LogP contribution < -0.4 is 10.2 Å². The molecular weight excluding hydrogens is 264 g/mol. The summed E-state index contributed by atoms with van der Waals surface area (Å²) in [5, 5.41) is 3.36. The number of morpholine rings is 1. The summed E-state index contributed by atoms with van der Waals surface area (Å²) in [5.41, 5.74) is 1.08. The van der Waals surface area contributed by atoms with Crippen LogP contribution in [0.4, 0.5) is 11.6 Å². The van der Waals surface area contributed by atoms with Crippen LogP contribution in [0.3, 0.4) is 0 Å². The second kappa shape index (κ2) is 6.60. The zero-order valence-corrected chi connectivity index (χ0v) is 13.9. The summed E-state index contributed by atoms with van der Waals surface area (Å²) >= 11 is 0. The van der Waals surface area contributed by atoms with Gasteiger partial charge in [-0.1, -0.05) is 13.3 Å². The minimum Gasteiger partial charge on any atom is -0.370 e. The fraction of sp³-hybridized carbons (Fsp3) is 0.750. The molecule has 1 saturated heterocycles. The largest absolute Gasteiger partial charge is 0.370 e. The lowest BCUT2D eigenvalue weighted by molar-refractivity contribution is -0.0752. The molecule has 1 N–H and O–H groups in total. The molecule has 0 aromatic carbocycles. The van der Waals surface area contributed by atoms with E-state index in [-0.39, 0.29) is 11.7 Å². The molecule has 1 aromatic heterocycles. The highest BCUT2D eigenvalue weighted by atomic mass is 16.5. The number of ether oxygens (including phenoxy) is 1. The molecule has 1 aliphatic heterocycles. The van der Waals surface area contributed by atoms with Crippen molar-refractivity contribution in [2.24, 2.45) is 0 Å². The summed E-state index contributed by atoms with van der Waals surface area (Å²) in [6, 6.07) is 0. The summed E-state index contributed by atoms with van der Waals surface area (Å²) in [4.78, 5) is 11.3. The maximum absolute atomic E-state index is 6.00. The van der Waals surface area contributed by atoms with E-state index in [2.05, 4.69) is 54.8 Å². The Bertz CT molecular complexity index is 475. The van der Waals surface area contributed by atoms with E-state index >= 15 is 0 Å². The Morgan fingerprint density at radius 2 is 2.14 bits per heavy atom. The van der Waals surface area contributed by atoms with Gasteiger partial charge < -0.3 is 15.0 Å². The molecule has 0 bridgehead atoms. The van der Waals surface area contributed by atoms with E-state index in [4.69, 9.17) is 4.74 Å². The number of nitrogens with zero attached hydrogens (tertiary/aromatic N) is 3. The maximum atomic E-state index is 6.00. The van der Waals surface area contributed by atoms with Crippen LogP contribution in [0.15, 0.2) is 6.33 Å². The van der Waals surface area contributed by atoms with E-state index in [1.807, 2.05) is 0 Å². The van der Waals surface area contributed by atoms with Crippen molar-refractivity contribution in [3.8, 4) is 0 Å². The van der Waals surface area contributed by atoms with Gasteiger partial charge in [0.2, 0.25) is 0 Å². The van der Waals surface area contributed by atoms with Crippen LogP contribution >= 0.6 is 0 Å². The molecule has 1 atom stereocenters. The van der Waals surface area contributed by atoms with Crippen LogP contribution in [-0.2, 0) is 11.2 Å². The van der Waals surface area contributed by atoms with Gasteiger partial charge in [-0.15, -0.1) is 0 Å². The molecule has 2 heterocycles. The summed E-state index contributed by atoms with van der Waals surface area (Å²) in [7, 11) is 0. The number of hydrogen-bond donors (Lipinski definition) is 1. The lowest BCUT2D eigenvalue weighted by Gasteiger charge is -2.42. The van der Waals surface area contributed by atoms with E-state index < -0.39 is 0 Å². The van der Waals surface area contributed by atoms with Gasteiger partial charge in [0.1, 0.15) is 18.0 Å². The first-order valence-electron chi connectivity index (χ1n) is 7.97. The molecule has 0 amide bonds. The fourth-order valence-corrected chi connectivity index (χ4v) is 3.09. The fourth-order valence-electron chi connectivity index (χ4n) is 3.09. The number of rotatable bonds is 5. The molecule has 5 nitrogen and oxygen atoms in total. The first-order valence-corrected chi connectivity index (χ1v) is 7.97. The minimum absolute atomic E-state index is 0.148. The summed E-state index contributed by atoms with van der Waals surface area (Å²) in [6.45, 7) is 13.3. The highest BCUT2D eigenvalue weighted by Gasteiger charge is 2.33. The van der Waals surface area contributed by atoms with Crippen molar-refractivity contribution >= 4 is 11.6 Å². The molecule has 5 heteroatoms. The van der Waals surface area contributed by atoms with E-state index in [0.29, 0.717) is 0 Å². The van der Waals surface area contributed by atoms with Gasteiger partial charge in [-0.3, -0.25) is 0 Å². The summed E-state index contributed by atoms with van der Waals surface area (Å²) < 4.78 is 6.00. The van der Waals surface area contributed by atoms with Gasteiger partial charge in [-0.2, -0.15) is 0 Å². The highest BCUT2D eigenvalue weighted by molar-refractivity contribution is 5.59. The normalized spacial score (nSPS) is 21.4. The number of hydrogen-bond acceptors (Lipinski definition) is 5. The van der Waals surface area contributed by atoms with Gasteiger partial charge in [0.15, 0.2) is 0 Å². The van der Waals surface area contributed by atoms with Crippen molar-refractivity contribution in [3.05, 3.63) is 11.9 Å². The van der Waals surface area contributed by atoms with E-state index in [1.165, 1.54) is 5.56 Å². The predicted octanol–water partition coefficient (Wildman–Crippen LogP) is 2.86. The molecule has 1 unspecified atom stereocenters. The van der Waals surface area contributed by atoms with Gasteiger partial charge in [-0.25, -0.2) is 9.97 Å². The monoisotopic (exact) mass is 292 g/mol. The Morgan fingerprint density at radius 3 is 2.76 bits per heavy atom. The van der Waals surface area contributed by atoms with Crippen LogP contribution in [0.5, 0.6) is 0 Å². The molecule has 118 valence electrons. The Morgan fingerprint density at radius 1 is 1.38 bits per heavy atom. The minimum atomic E-state index is -0.148. The smallest absolute Gasteiger partial charge is 0.137 e. The van der Waals surface area contributed by atoms with Gasteiger partial charge in [0, 0.05) is 25.2 Å². The first kappa shape index (κ1) is 16.0. The quantitative estimate of drug-likeness (QED) is 0.904. The van der Waals surface area contributed by atoms with Gasteiger partial charge in [0.25, 0.3) is 0 Å². The predicted molar refractivity (Wildman–Crippen MR) is 87.0 cm³/mol. The molecule has 0 saturated carbocycles. The van der Waals surface area contributed by atoms with Crippen LogP contribution in [-0.4, -0.2) is 41.3 Å². The van der Waals surface area contributed by atoms with Crippen molar-refractivity contribution in [1.29, 1.82) is 0 Å². The number of anilines is 2. The molecule has 0 spiro atoms. The van der Waals surface area contributed by atoms with E-state index in [1.54, 1.807) is 6.33 Å². The van der Waals surface area contributed by atoms with Gasteiger partial charge in [0.05, 0.1) is 11.7 Å². The molecule has 1 fully saturated rings. The van der Waals surface area contributed by atoms with Crippen molar-refractivity contribution in [2.45, 2.75) is 59.2 Å². The number of nitrogens with one attached hydrogen (secondary N) is 1. The molecular formula is C16H28N4O. The van der Waals surface area contributed by atoms with Crippen molar-refractivity contribution in [2.75, 3.05) is 29.9 Å². The van der Waals surface area contributed by atoms with Gasteiger partial charge in [-0.05, 0) is 34.1 Å². The Hall–Kier alpha value is -1.36. The van der Waals surface area contributed by atoms with Gasteiger partial charge >= 0.3 is 0 Å². The summed E-state index contributed by atoms with van der Waals surface area (Å²) in [6.07, 6.45) is 3.95. The molecule has 0 radical (unpaired) electrons. The Kier molecular flexibility index (Phi) is 5.04. The van der Waals surface area contributed by atoms with Crippen molar-refractivity contribution in [1.82, 2.24) is 9.97 Å². The van der Waals surface area contributed by atoms with Crippen molar-refractivity contribution in [3.63, 3.8) is 0 Å². The molecule has 21 heavy (non-hydrogen) atoms. The maximum Gasteiger partial charge on any atom is 0.137 e. The average Bonchev–Trinajstić information content (AvgIpc) is 2.39. The third kappa shape index (κ3) is 3.84. The Balaban J connectivity index is 2.35. The van der Waals surface area contributed by atoms with Crippen LogP contribution in [0.1, 0.15) is 46.6 Å². The first-order chi connectivity index (χ1) is 9.96. The molecule has 1 aromatic rings. The van der Waals surface area contributed by atoms with E-state index in [9.17, 15) is 0 Å². The zero-order chi connectivity index (χ0) is 15.5. The Labute approximate surface area is 128 Å². The topological polar surface area (TPSA) is 50.3 Å². The second-order valence-corrected chi connectivity index (χ2v) is 6.37. The van der Waals surface area contributed by atoms with Crippen LogP contribution in [0.2, 0.25) is 0 Å². The molecule has 1 aliphatic rings. The zero-order valence-electron chi connectivity index (χ0n) is 13.9.